The summed E-state index contributed by atoms with van der Waals surface area (Å²) in [5.41, 5.74) is 8.76. The van der Waals surface area contributed by atoms with Crippen molar-refractivity contribution < 1.29 is 9.53 Å². The first-order chi connectivity index (χ1) is 14.1. The fraction of sp³-hybridized carbons (Fsp3) is 0.286. The van der Waals surface area contributed by atoms with Gasteiger partial charge in [-0.25, -0.2) is 4.68 Å². The van der Waals surface area contributed by atoms with Gasteiger partial charge in [0.25, 0.3) is 0 Å². The van der Waals surface area contributed by atoms with E-state index in [-0.39, 0.29) is 17.6 Å². The molecule has 0 spiro atoms. The highest BCUT2D eigenvalue weighted by Crippen LogP contribution is 2.37. The van der Waals surface area contributed by atoms with Crippen molar-refractivity contribution in [2.24, 2.45) is 0 Å². The molecule has 0 radical (unpaired) electrons. The second-order valence-corrected chi connectivity index (χ2v) is 7.92. The number of hydrogen-bond donors (Lipinski definition) is 2. The molecule has 7 nitrogen and oxygen atoms in total. The zero-order chi connectivity index (χ0) is 20.4. The number of rotatable bonds is 6. The van der Waals surface area contributed by atoms with Crippen LogP contribution < -0.4 is 11.1 Å². The maximum absolute atomic E-state index is 13.2. The number of carbonyl (C=O) groups excluding carboxylic acids is 1. The van der Waals surface area contributed by atoms with Crippen LogP contribution in [-0.4, -0.2) is 34.8 Å². The van der Waals surface area contributed by atoms with E-state index in [1.54, 1.807) is 10.9 Å². The molecule has 4 rings (SSSR count). The van der Waals surface area contributed by atoms with Crippen LogP contribution in [0.25, 0.3) is 5.69 Å². The van der Waals surface area contributed by atoms with Crippen molar-refractivity contribution in [3.05, 3.63) is 58.2 Å². The third-order valence-corrected chi connectivity index (χ3v) is 6.19. The average Bonchev–Trinajstić information content (AvgIpc) is 3.46. The van der Waals surface area contributed by atoms with Gasteiger partial charge in [-0.15, -0.1) is 11.3 Å². The molecule has 0 aliphatic carbocycles. The predicted octanol–water partition coefficient (Wildman–Crippen LogP) is 3.52. The van der Waals surface area contributed by atoms with Gasteiger partial charge in [0.1, 0.15) is 21.5 Å². The quantitative estimate of drug-likeness (QED) is 0.606. The number of anilines is 2. The van der Waals surface area contributed by atoms with E-state index in [0.29, 0.717) is 27.5 Å². The zero-order valence-electron chi connectivity index (χ0n) is 16.0. The van der Waals surface area contributed by atoms with Gasteiger partial charge >= 0.3 is 0 Å². The van der Waals surface area contributed by atoms with E-state index >= 15 is 0 Å². The molecule has 1 unspecified atom stereocenters. The number of nitrogens with two attached hydrogens (primary N) is 1. The molecule has 1 saturated heterocycles. The summed E-state index contributed by atoms with van der Waals surface area (Å²) < 4.78 is 7.33. The first-order valence-corrected chi connectivity index (χ1v) is 10.2. The molecule has 3 aromatic rings. The van der Waals surface area contributed by atoms with Gasteiger partial charge < -0.3 is 15.8 Å². The van der Waals surface area contributed by atoms with E-state index in [0.717, 1.165) is 30.8 Å². The molecule has 3 heterocycles. The minimum atomic E-state index is -0.228. The predicted molar refractivity (Wildman–Crippen MR) is 113 cm³/mol. The summed E-state index contributed by atoms with van der Waals surface area (Å²) >= 11 is 1.21. The van der Waals surface area contributed by atoms with Crippen LogP contribution in [0.1, 0.15) is 39.3 Å². The number of hydrogen-bond acceptors (Lipinski definition) is 7. The number of carbonyl (C=O) groups is 1. The summed E-state index contributed by atoms with van der Waals surface area (Å²) in [6.45, 7) is 3.20. The molecule has 29 heavy (non-hydrogen) atoms. The highest BCUT2D eigenvalue weighted by Gasteiger charge is 2.26. The molecule has 1 aromatic carbocycles. The van der Waals surface area contributed by atoms with Crippen molar-refractivity contribution in [1.82, 2.24) is 9.78 Å². The second-order valence-electron chi connectivity index (χ2n) is 6.90. The Kier molecular flexibility index (Phi) is 5.34. The largest absolute Gasteiger partial charge is 0.396 e. The Morgan fingerprint density at radius 3 is 2.93 bits per heavy atom. The third kappa shape index (κ3) is 3.62. The Bertz CT molecular complexity index is 1070. The summed E-state index contributed by atoms with van der Waals surface area (Å²) in [6.07, 6.45) is 3.70. The van der Waals surface area contributed by atoms with Crippen LogP contribution in [0.15, 0.2) is 36.5 Å². The van der Waals surface area contributed by atoms with Gasteiger partial charge in [0.05, 0.1) is 34.9 Å². The fourth-order valence-electron chi connectivity index (χ4n) is 3.44. The number of ketones is 1. The van der Waals surface area contributed by atoms with Crippen molar-refractivity contribution in [2.75, 3.05) is 24.2 Å². The summed E-state index contributed by atoms with van der Waals surface area (Å²) in [4.78, 5) is 13.5. The Morgan fingerprint density at radius 2 is 2.24 bits per heavy atom. The van der Waals surface area contributed by atoms with Gasteiger partial charge in [0.2, 0.25) is 5.78 Å². The number of thiophene rings is 1. The summed E-state index contributed by atoms with van der Waals surface area (Å²) in [5.74, 6) is -0.228. The minimum absolute atomic E-state index is 0.121. The van der Waals surface area contributed by atoms with Crippen molar-refractivity contribution >= 4 is 27.8 Å². The number of para-hydroxylation sites is 1. The summed E-state index contributed by atoms with van der Waals surface area (Å²) in [5, 5.41) is 17.8. The van der Waals surface area contributed by atoms with Crippen LogP contribution in [0.2, 0.25) is 0 Å². The highest BCUT2D eigenvalue weighted by atomic mass is 32.1. The number of nitrogen functional groups attached to an aromatic ring is 1. The molecule has 0 bridgehead atoms. The first-order valence-electron chi connectivity index (χ1n) is 9.42. The molecule has 1 aliphatic heterocycles. The lowest BCUT2D eigenvalue weighted by atomic mass is 10.1. The number of nitriles is 1. The third-order valence-electron chi connectivity index (χ3n) is 5.03. The summed E-state index contributed by atoms with van der Waals surface area (Å²) in [6, 6.07) is 11.7. The molecule has 0 amide bonds. The molecular weight excluding hydrogens is 386 g/mol. The Morgan fingerprint density at radius 1 is 1.45 bits per heavy atom. The van der Waals surface area contributed by atoms with E-state index < -0.39 is 0 Å². The van der Waals surface area contributed by atoms with Gasteiger partial charge in [-0.3, -0.25) is 4.79 Å². The van der Waals surface area contributed by atoms with Crippen LogP contribution in [-0.2, 0) is 4.74 Å². The van der Waals surface area contributed by atoms with E-state index in [2.05, 4.69) is 16.5 Å². The topological polar surface area (TPSA) is 106 Å². The second kappa shape index (κ2) is 8.07. The van der Waals surface area contributed by atoms with E-state index in [1.165, 1.54) is 11.3 Å². The van der Waals surface area contributed by atoms with Gasteiger partial charge in [-0.05, 0) is 31.9 Å². The van der Waals surface area contributed by atoms with Crippen molar-refractivity contribution in [1.29, 1.82) is 5.26 Å². The van der Waals surface area contributed by atoms with Crippen molar-refractivity contribution in [2.45, 2.75) is 25.9 Å². The lowest BCUT2D eigenvalue weighted by Crippen LogP contribution is -2.18. The monoisotopic (exact) mass is 407 g/mol. The fourth-order valence-corrected chi connectivity index (χ4v) is 4.48. The zero-order valence-corrected chi connectivity index (χ0v) is 16.8. The van der Waals surface area contributed by atoms with Crippen LogP contribution in [0.5, 0.6) is 0 Å². The normalized spacial score (nSPS) is 15.9. The molecule has 1 atom stereocenters. The Balaban J connectivity index is 1.62. The Hall–Kier alpha value is -3.15. The lowest BCUT2D eigenvalue weighted by Gasteiger charge is -2.10. The average molecular weight is 407 g/mol. The SMILES string of the molecule is Cc1c(C(=O)c2sc(NCC3CCCO3)c(C#N)c2N)cnn1-c1ccccc1. The van der Waals surface area contributed by atoms with E-state index in [4.69, 9.17) is 10.5 Å². The van der Waals surface area contributed by atoms with Gasteiger partial charge in [-0.2, -0.15) is 10.4 Å². The molecule has 1 fully saturated rings. The van der Waals surface area contributed by atoms with Crippen LogP contribution in [0.3, 0.4) is 0 Å². The molecule has 0 saturated carbocycles. The summed E-state index contributed by atoms with van der Waals surface area (Å²) in [7, 11) is 0. The number of benzene rings is 1. The molecule has 1 aliphatic rings. The maximum atomic E-state index is 13.2. The molecule has 2 aromatic heterocycles. The van der Waals surface area contributed by atoms with Gasteiger partial charge in [0, 0.05) is 13.2 Å². The molecular formula is C21H21N5O2S. The number of nitrogens with one attached hydrogen (secondary N) is 1. The maximum Gasteiger partial charge on any atom is 0.208 e. The molecule has 3 N–H and O–H groups in total. The molecule has 148 valence electrons. The lowest BCUT2D eigenvalue weighted by molar-refractivity contribution is 0.104. The molecule has 8 heteroatoms. The smallest absolute Gasteiger partial charge is 0.208 e. The Labute approximate surface area is 172 Å². The standard InChI is InChI=1S/C21H21N5O2S/c1-13-17(12-25-26(13)14-6-3-2-4-7-14)19(27)20-18(23)16(10-22)21(29-20)24-11-15-8-5-9-28-15/h2-4,6-7,12,15,24H,5,8-9,11,23H2,1H3. The minimum Gasteiger partial charge on any atom is -0.396 e. The van der Waals surface area contributed by atoms with Crippen LogP contribution in [0, 0.1) is 18.3 Å². The first kappa shape index (κ1) is 19.2. The van der Waals surface area contributed by atoms with E-state index in [1.807, 2.05) is 37.3 Å². The van der Waals surface area contributed by atoms with Gasteiger partial charge in [0.15, 0.2) is 0 Å². The van der Waals surface area contributed by atoms with Crippen LogP contribution >= 0.6 is 11.3 Å². The van der Waals surface area contributed by atoms with E-state index in [9.17, 15) is 10.1 Å². The van der Waals surface area contributed by atoms with Crippen molar-refractivity contribution in [3.63, 3.8) is 0 Å². The number of ether oxygens (including phenoxy) is 1. The van der Waals surface area contributed by atoms with Gasteiger partial charge in [-0.1, -0.05) is 18.2 Å². The highest BCUT2D eigenvalue weighted by molar-refractivity contribution is 7.19. The number of aromatic nitrogens is 2. The van der Waals surface area contributed by atoms with Crippen molar-refractivity contribution in [3.8, 4) is 11.8 Å². The number of nitrogens with zero attached hydrogens (tertiary/aromatic N) is 3. The van der Waals surface area contributed by atoms with Crippen LogP contribution in [0.4, 0.5) is 10.7 Å².